The van der Waals surface area contributed by atoms with Gasteiger partial charge in [0.25, 0.3) is 11.6 Å². The molecule has 0 atom stereocenters. The number of aliphatic imine (C=N–C) groups is 1. The molecule has 3 N–H and O–H groups in total. The highest BCUT2D eigenvalue weighted by Gasteiger charge is 2.20. The molecule has 1 aliphatic heterocycles. The number of hydrogen-bond donors (Lipinski definition) is 2. The molecular formula is C10H7N3O4S. The summed E-state index contributed by atoms with van der Waals surface area (Å²) in [6.45, 7) is 0. The fourth-order valence-corrected chi connectivity index (χ4v) is 2.01. The van der Waals surface area contributed by atoms with Gasteiger partial charge in [0.1, 0.15) is 5.75 Å². The maximum absolute atomic E-state index is 11.3. The number of phenols is 1. The molecule has 1 aromatic rings. The molecule has 0 radical (unpaired) electrons. The number of amidine groups is 1. The van der Waals surface area contributed by atoms with Crippen molar-refractivity contribution < 1.29 is 14.8 Å². The van der Waals surface area contributed by atoms with Gasteiger partial charge in [-0.25, -0.2) is 0 Å². The Morgan fingerprint density at radius 3 is 2.78 bits per heavy atom. The van der Waals surface area contributed by atoms with Gasteiger partial charge >= 0.3 is 0 Å². The third kappa shape index (κ3) is 2.33. The monoisotopic (exact) mass is 265 g/mol. The zero-order valence-corrected chi connectivity index (χ0v) is 9.68. The average Bonchev–Trinajstić information content (AvgIpc) is 2.60. The summed E-state index contributed by atoms with van der Waals surface area (Å²) in [5.41, 5.74) is 5.36. The van der Waals surface area contributed by atoms with E-state index in [1.165, 1.54) is 24.3 Å². The highest BCUT2D eigenvalue weighted by Crippen LogP contribution is 2.30. The van der Waals surface area contributed by atoms with E-state index >= 15 is 0 Å². The van der Waals surface area contributed by atoms with E-state index < -0.39 is 10.8 Å². The SMILES string of the molecule is NC1=NC(=O)/C(=C\c2cc([N+](=O)[O-])ccc2O)S1. The highest BCUT2D eigenvalue weighted by molar-refractivity contribution is 8.18. The minimum atomic E-state index is -0.587. The summed E-state index contributed by atoms with van der Waals surface area (Å²) in [7, 11) is 0. The number of aromatic hydroxyl groups is 1. The minimum Gasteiger partial charge on any atom is -0.507 e. The van der Waals surface area contributed by atoms with Gasteiger partial charge in [0, 0.05) is 17.7 Å². The molecule has 0 spiro atoms. The summed E-state index contributed by atoms with van der Waals surface area (Å²) in [4.78, 5) is 25.1. The average molecular weight is 265 g/mol. The third-order valence-corrected chi connectivity index (χ3v) is 2.96. The lowest BCUT2D eigenvalue weighted by Gasteiger charge is -2.00. The number of thioether (sulfide) groups is 1. The second-order valence-electron chi connectivity index (χ2n) is 3.37. The van der Waals surface area contributed by atoms with Gasteiger partial charge in [-0.05, 0) is 23.9 Å². The van der Waals surface area contributed by atoms with Crippen molar-refractivity contribution in [2.24, 2.45) is 10.7 Å². The fourth-order valence-electron chi connectivity index (χ4n) is 1.34. The number of nitro groups is 1. The predicted molar refractivity (Wildman–Crippen MR) is 67.0 cm³/mol. The van der Waals surface area contributed by atoms with Crippen LogP contribution in [0.15, 0.2) is 28.1 Å². The predicted octanol–water partition coefficient (Wildman–Crippen LogP) is 1.23. The smallest absolute Gasteiger partial charge is 0.286 e. The van der Waals surface area contributed by atoms with Crippen LogP contribution in [-0.2, 0) is 4.79 Å². The molecule has 7 nitrogen and oxygen atoms in total. The maximum atomic E-state index is 11.3. The summed E-state index contributed by atoms with van der Waals surface area (Å²) >= 11 is 0.950. The van der Waals surface area contributed by atoms with Gasteiger partial charge in [0.15, 0.2) is 5.17 Å². The molecule has 18 heavy (non-hydrogen) atoms. The van der Waals surface area contributed by atoms with Crippen molar-refractivity contribution in [1.82, 2.24) is 0 Å². The number of benzene rings is 1. The quantitative estimate of drug-likeness (QED) is 0.471. The number of non-ortho nitro benzene ring substituents is 1. The van der Waals surface area contributed by atoms with E-state index in [4.69, 9.17) is 5.73 Å². The number of nitrogens with zero attached hydrogens (tertiary/aromatic N) is 2. The summed E-state index contributed by atoms with van der Waals surface area (Å²) in [6, 6.07) is 3.54. The van der Waals surface area contributed by atoms with Crippen molar-refractivity contribution in [3.8, 4) is 5.75 Å². The molecule has 0 aliphatic carbocycles. The first-order chi connectivity index (χ1) is 8.47. The topological polar surface area (TPSA) is 119 Å². The van der Waals surface area contributed by atoms with Crippen LogP contribution in [-0.4, -0.2) is 21.1 Å². The molecule has 8 heteroatoms. The maximum Gasteiger partial charge on any atom is 0.286 e. The van der Waals surface area contributed by atoms with Crippen LogP contribution in [0.2, 0.25) is 0 Å². The Morgan fingerprint density at radius 2 is 2.22 bits per heavy atom. The molecular weight excluding hydrogens is 258 g/mol. The molecule has 1 heterocycles. The normalized spacial score (nSPS) is 17.0. The number of nitro benzene ring substituents is 1. The van der Waals surface area contributed by atoms with Crippen molar-refractivity contribution in [1.29, 1.82) is 0 Å². The van der Waals surface area contributed by atoms with Crippen molar-refractivity contribution in [2.75, 3.05) is 0 Å². The molecule has 0 saturated carbocycles. The lowest BCUT2D eigenvalue weighted by Crippen LogP contribution is -2.01. The van der Waals surface area contributed by atoms with Crippen LogP contribution >= 0.6 is 11.8 Å². The van der Waals surface area contributed by atoms with Crippen LogP contribution in [0.5, 0.6) is 5.75 Å². The number of nitrogens with two attached hydrogens (primary N) is 1. The Kier molecular flexibility index (Phi) is 3.02. The molecule has 0 aromatic heterocycles. The van der Waals surface area contributed by atoms with Crippen molar-refractivity contribution >= 4 is 34.6 Å². The highest BCUT2D eigenvalue weighted by atomic mass is 32.2. The lowest BCUT2D eigenvalue weighted by molar-refractivity contribution is -0.384. The van der Waals surface area contributed by atoms with Gasteiger partial charge in [-0.15, -0.1) is 0 Å². The number of amides is 1. The van der Waals surface area contributed by atoms with Gasteiger partial charge in [0.2, 0.25) is 0 Å². The minimum absolute atomic E-state index is 0.108. The van der Waals surface area contributed by atoms with Gasteiger partial charge in [-0.2, -0.15) is 4.99 Å². The third-order valence-electron chi connectivity index (χ3n) is 2.15. The molecule has 2 rings (SSSR count). The summed E-state index contributed by atoms with van der Waals surface area (Å²) in [5, 5.41) is 20.3. The van der Waals surface area contributed by atoms with Crippen LogP contribution in [0.1, 0.15) is 5.56 Å². The molecule has 1 amide bonds. The van der Waals surface area contributed by atoms with E-state index in [1.807, 2.05) is 0 Å². The van der Waals surface area contributed by atoms with Crippen LogP contribution in [0.4, 0.5) is 5.69 Å². The van der Waals surface area contributed by atoms with E-state index in [2.05, 4.69) is 4.99 Å². The van der Waals surface area contributed by atoms with E-state index in [9.17, 15) is 20.0 Å². The molecule has 1 aromatic carbocycles. The van der Waals surface area contributed by atoms with Gasteiger partial charge in [-0.1, -0.05) is 0 Å². The first kappa shape index (κ1) is 12.1. The zero-order chi connectivity index (χ0) is 13.3. The molecule has 1 aliphatic rings. The zero-order valence-electron chi connectivity index (χ0n) is 8.86. The first-order valence-corrected chi connectivity index (χ1v) is 5.54. The number of carbonyl (C=O) groups excluding carboxylic acids is 1. The standard InChI is InChI=1S/C10H7N3O4S/c11-10-12-9(15)8(18-10)4-5-3-6(13(16)17)1-2-7(5)14/h1-4,14H,(H2,11,12,15)/b8-4+. The van der Waals surface area contributed by atoms with Gasteiger partial charge in [0.05, 0.1) is 9.83 Å². The largest absolute Gasteiger partial charge is 0.507 e. The second-order valence-corrected chi connectivity index (χ2v) is 4.43. The van der Waals surface area contributed by atoms with E-state index in [-0.39, 0.29) is 27.1 Å². The van der Waals surface area contributed by atoms with Crippen molar-refractivity contribution in [3.05, 3.63) is 38.8 Å². The summed E-state index contributed by atoms with van der Waals surface area (Å²) in [6.07, 6.45) is 1.32. The lowest BCUT2D eigenvalue weighted by atomic mass is 10.1. The molecule has 0 saturated heterocycles. The van der Waals surface area contributed by atoms with Gasteiger partial charge in [-0.3, -0.25) is 14.9 Å². The Morgan fingerprint density at radius 1 is 1.50 bits per heavy atom. The van der Waals surface area contributed by atoms with Crippen LogP contribution in [0.25, 0.3) is 6.08 Å². The van der Waals surface area contributed by atoms with E-state index in [0.717, 1.165) is 11.8 Å². The molecule has 92 valence electrons. The number of hydrogen-bond acceptors (Lipinski definition) is 6. The number of carbonyl (C=O) groups is 1. The summed E-state index contributed by atoms with van der Waals surface area (Å²) in [5.74, 6) is -0.685. The molecule has 0 bridgehead atoms. The number of phenolic OH excluding ortho intramolecular Hbond substituents is 1. The summed E-state index contributed by atoms with van der Waals surface area (Å²) < 4.78 is 0. The van der Waals surface area contributed by atoms with Crippen LogP contribution < -0.4 is 5.73 Å². The Labute approximate surface area is 105 Å². The van der Waals surface area contributed by atoms with Crippen molar-refractivity contribution in [2.45, 2.75) is 0 Å². The Hall–Kier alpha value is -2.35. The first-order valence-electron chi connectivity index (χ1n) is 4.73. The van der Waals surface area contributed by atoms with E-state index in [1.54, 1.807) is 0 Å². The molecule has 0 fully saturated rings. The second kappa shape index (κ2) is 4.49. The van der Waals surface area contributed by atoms with Crippen LogP contribution in [0.3, 0.4) is 0 Å². The number of rotatable bonds is 2. The fraction of sp³-hybridized carbons (Fsp3) is 0. The molecule has 0 unspecified atom stereocenters. The van der Waals surface area contributed by atoms with E-state index in [0.29, 0.717) is 0 Å². The Bertz CT molecular complexity index is 609. The van der Waals surface area contributed by atoms with Crippen molar-refractivity contribution in [3.63, 3.8) is 0 Å². The van der Waals surface area contributed by atoms with Crippen LogP contribution in [0, 0.1) is 10.1 Å². The Balaban J connectivity index is 2.40. The van der Waals surface area contributed by atoms with Gasteiger partial charge < -0.3 is 10.8 Å².